The molecule has 0 aromatic carbocycles. The van der Waals surface area contributed by atoms with E-state index in [2.05, 4.69) is 35.4 Å². The molecule has 1 N–H and O–H groups in total. The fourth-order valence-corrected chi connectivity index (χ4v) is 2.23. The molecular weight excluding hydrogens is 186 g/mol. The molecule has 2 heterocycles. The molecule has 3 nitrogen and oxygen atoms in total. The van der Waals surface area contributed by atoms with Crippen LogP contribution < -0.4 is 10.2 Å². The molecule has 15 heavy (non-hydrogen) atoms. The number of aromatic nitrogens is 1. The standard InChI is InChI=1S/C12H19N3/c1-15(2)12-11(4-3-7-14-12)10-5-8-13-9-6-10/h3-4,7,10,13H,5-6,8-9H2,1-2H3. The van der Waals surface area contributed by atoms with Crippen molar-refractivity contribution in [2.75, 3.05) is 32.1 Å². The van der Waals surface area contributed by atoms with Gasteiger partial charge in [0, 0.05) is 20.3 Å². The molecule has 0 atom stereocenters. The van der Waals surface area contributed by atoms with E-state index in [9.17, 15) is 0 Å². The summed E-state index contributed by atoms with van der Waals surface area (Å²) >= 11 is 0. The van der Waals surface area contributed by atoms with Crippen LogP contribution in [0.4, 0.5) is 5.82 Å². The molecule has 0 radical (unpaired) electrons. The number of hydrogen-bond donors (Lipinski definition) is 1. The van der Waals surface area contributed by atoms with Crippen LogP contribution in [0, 0.1) is 0 Å². The van der Waals surface area contributed by atoms with Gasteiger partial charge in [-0.2, -0.15) is 0 Å². The number of pyridine rings is 1. The third-order valence-corrected chi connectivity index (χ3v) is 3.02. The van der Waals surface area contributed by atoms with E-state index in [4.69, 9.17) is 0 Å². The Hall–Kier alpha value is -1.09. The van der Waals surface area contributed by atoms with Gasteiger partial charge in [-0.1, -0.05) is 6.07 Å². The normalized spacial score (nSPS) is 17.7. The van der Waals surface area contributed by atoms with E-state index in [0.717, 1.165) is 18.9 Å². The molecule has 1 aromatic heterocycles. The van der Waals surface area contributed by atoms with Crippen molar-refractivity contribution in [3.63, 3.8) is 0 Å². The number of nitrogens with zero attached hydrogens (tertiary/aromatic N) is 2. The maximum absolute atomic E-state index is 4.46. The maximum atomic E-state index is 4.46. The van der Waals surface area contributed by atoms with E-state index < -0.39 is 0 Å². The molecule has 1 aliphatic rings. The molecule has 0 saturated carbocycles. The quantitative estimate of drug-likeness (QED) is 0.795. The number of hydrogen-bond acceptors (Lipinski definition) is 3. The monoisotopic (exact) mass is 205 g/mol. The zero-order chi connectivity index (χ0) is 10.7. The summed E-state index contributed by atoms with van der Waals surface area (Å²) in [5, 5.41) is 3.40. The molecule has 3 heteroatoms. The lowest BCUT2D eigenvalue weighted by Crippen LogP contribution is -2.27. The van der Waals surface area contributed by atoms with E-state index in [0.29, 0.717) is 5.92 Å². The second kappa shape index (κ2) is 4.62. The average Bonchev–Trinajstić information content (AvgIpc) is 2.30. The van der Waals surface area contributed by atoms with Gasteiger partial charge in [0.15, 0.2) is 0 Å². The molecule has 0 bridgehead atoms. The molecule has 82 valence electrons. The molecule has 1 fully saturated rings. The van der Waals surface area contributed by atoms with Gasteiger partial charge in [-0.3, -0.25) is 0 Å². The van der Waals surface area contributed by atoms with Crippen molar-refractivity contribution < 1.29 is 0 Å². The van der Waals surface area contributed by atoms with Crippen LogP contribution in [-0.2, 0) is 0 Å². The Labute approximate surface area is 91.5 Å². The zero-order valence-electron chi connectivity index (χ0n) is 9.53. The molecule has 2 rings (SSSR count). The topological polar surface area (TPSA) is 28.2 Å². The van der Waals surface area contributed by atoms with Gasteiger partial charge >= 0.3 is 0 Å². The number of rotatable bonds is 2. The smallest absolute Gasteiger partial charge is 0.131 e. The van der Waals surface area contributed by atoms with Crippen molar-refractivity contribution in [2.45, 2.75) is 18.8 Å². The van der Waals surface area contributed by atoms with Crippen molar-refractivity contribution in [2.24, 2.45) is 0 Å². The molecule has 0 amide bonds. The van der Waals surface area contributed by atoms with Crippen molar-refractivity contribution in [1.82, 2.24) is 10.3 Å². The zero-order valence-corrected chi connectivity index (χ0v) is 9.53. The van der Waals surface area contributed by atoms with Gasteiger partial charge in [0.25, 0.3) is 0 Å². The highest BCUT2D eigenvalue weighted by molar-refractivity contribution is 5.47. The summed E-state index contributed by atoms with van der Waals surface area (Å²) in [4.78, 5) is 6.57. The van der Waals surface area contributed by atoms with Crippen LogP contribution in [0.25, 0.3) is 0 Å². The number of piperidine rings is 1. The lowest BCUT2D eigenvalue weighted by atomic mass is 9.90. The molecule has 1 saturated heterocycles. The lowest BCUT2D eigenvalue weighted by molar-refractivity contribution is 0.460. The van der Waals surface area contributed by atoms with Crippen LogP contribution in [0.1, 0.15) is 24.3 Å². The van der Waals surface area contributed by atoms with Crippen molar-refractivity contribution in [1.29, 1.82) is 0 Å². The summed E-state index contributed by atoms with van der Waals surface area (Å²) in [6.07, 6.45) is 4.33. The fourth-order valence-electron chi connectivity index (χ4n) is 2.23. The fraction of sp³-hybridized carbons (Fsp3) is 0.583. The first kappa shape index (κ1) is 10.4. The Bertz CT molecular complexity index is 316. The largest absolute Gasteiger partial charge is 0.363 e. The second-order valence-corrected chi connectivity index (χ2v) is 4.33. The molecule has 0 spiro atoms. The minimum absolute atomic E-state index is 0.678. The van der Waals surface area contributed by atoms with Gasteiger partial charge in [-0.05, 0) is 43.5 Å². The van der Waals surface area contributed by atoms with Crippen LogP contribution in [0.15, 0.2) is 18.3 Å². The summed E-state index contributed by atoms with van der Waals surface area (Å²) in [5.41, 5.74) is 1.41. The van der Waals surface area contributed by atoms with Crippen LogP contribution >= 0.6 is 0 Å². The predicted octanol–water partition coefficient (Wildman–Crippen LogP) is 1.61. The van der Waals surface area contributed by atoms with Crippen LogP contribution in [-0.4, -0.2) is 32.2 Å². The van der Waals surface area contributed by atoms with Crippen LogP contribution in [0.3, 0.4) is 0 Å². The highest BCUT2D eigenvalue weighted by Gasteiger charge is 2.19. The molecule has 1 aromatic rings. The summed E-state index contributed by atoms with van der Waals surface area (Å²) in [5.74, 6) is 1.81. The van der Waals surface area contributed by atoms with Crippen molar-refractivity contribution >= 4 is 5.82 Å². The van der Waals surface area contributed by atoms with Crippen LogP contribution in [0.5, 0.6) is 0 Å². The van der Waals surface area contributed by atoms with Gasteiger partial charge in [0.2, 0.25) is 0 Å². The minimum Gasteiger partial charge on any atom is -0.363 e. The summed E-state index contributed by atoms with van der Waals surface area (Å²) in [7, 11) is 4.12. The second-order valence-electron chi connectivity index (χ2n) is 4.33. The van der Waals surface area contributed by atoms with Crippen LogP contribution in [0.2, 0.25) is 0 Å². The van der Waals surface area contributed by atoms with E-state index in [1.165, 1.54) is 18.4 Å². The highest BCUT2D eigenvalue weighted by atomic mass is 15.1. The van der Waals surface area contributed by atoms with Crippen molar-refractivity contribution in [3.05, 3.63) is 23.9 Å². The first-order chi connectivity index (χ1) is 7.29. The van der Waals surface area contributed by atoms with Gasteiger partial charge in [0.1, 0.15) is 5.82 Å². The van der Waals surface area contributed by atoms with Gasteiger partial charge in [-0.15, -0.1) is 0 Å². The van der Waals surface area contributed by atoms with E-state index >= 15 is 0 Å². The Balaban J connectivity index is 2.25. The van der Waals surface area contributed by atoms with Gasteiger partial charge < -0.3 is 10.2 Å². The minimum atomic E-state index is 0.678. The van der Waals surface area contributed by atoms with Gasteiger partial charge in [-0.25, -0.2) is 4.98 Å². The SMILES string of the molecule is CN(C)c1ncccc1C1CCNCC1. The molecule has 0 aliphatic carbocycles. The van der Waals surface area contributed by atoms with Crippen molar-refractivity contribution in [3.8, 4) is 0 Å². The Morgan fingerprint density at radius 3 is 2.73 bits per heavy atom. The average molecular weight is 205 g/mol. The number of nitrogens with one attached hydrogen (secondary N) is 1. The Kier molecular flexibility index (Phi) is 3.21. The lowest BCUT2D eigenvalue weighted by Gasteiger charge is -2.26. The summed E-state index contributed by atoms with van der Waals surface area (Å²) in [6.45, 7) is 2.26. The van der Waals surface area contributed by atoms with E-state index in [-0.39, 0.29) is 0 Å². The Morgan fingerprint density at radius 2 is 2.07 bits per heavy atom. The van der Waals surface area contributed by atoms with E-state index in [1.54, 1.807) is 0 Å². The third kappa shape index (κ3) is 2.29. The maximum Gasteiger partial charge on any atom is 0.131 e. The molecular formula is C12H19N3. The third-order valence-electron chi connectivity index (χ3n) is 3.02. The number of anilines is 1. The summed E-state index contributed by atoms with van der Waals surface area (Å²) < 4.78 is 0. The predicted molar refractivity (Wildman–Crippen MR) is 63.4 cm³/mol. The summed E-state index contributed by atoms with van der Waals surface area (Å²) in [6, 6.07) is 4.27. The molecule has 0 unspecified atom stereocenters. The first-order valence-corrected chi connectivity index (χ1v) is 5.62. The first-order valence-electron chi connectivity index (χ1n) is 5.62. The molecule has 1 aliphatic heterocycles. The Morgan fingerprint density at radius 1 is 1.33 bits per heavy atom. The highest BCUT2D eigenvalue weighted by Crippen LogP contribution is 2.30. The van der Waals surface area contributed by atoms with E-state index in [1.807, 2.05) is 12.3 Å². The van der Waals surface area contributed by atoms with Gasteiger partial charge in [0.05, 0.1) is 0 Å².